The molecule has 1 fully saturated rings. The maximum atomic E-state index is 13.3. The maximum absolute atomic E-state index is 13.3. The quantitative estimate of drug-likeness (QED) is 0.807. The van der Waals surface area contributed by atoms with E-state index in [0.717, 1.165) is 0 Å². The predicted molar refractivity (Wildman–Crippen MR) is 101 cm³/mol. The van der Waals surface area contributed by atoms with Crippen LogP contribution in [0, 0.1) is 11.2 Å². The lowest BCUT2D eigenvalue weighted by Gasteiger charge is -2.42. The number of carbonyl (C=O) groups is 2. The van der Waals surface area contributed by atoms with Crippen LogP contribution in [-0.4, -0.2) is 57.4 Å². The summed E-state index contributed by atoms with van der Waals surface area (Å²) in [4.78, 5) is 32.9. The van der Waals surface area contributed by atoms with E-state index in [4.69, 9.17) is 4.52 Å². The Morgan fingerprint density at radius 3 is 2.68 bits per heavy atom. The van der Waals surface area contributed by atoms with Gasteiger partial charge in [0, 0.05) is 36.7 Å². The minimum absolute atomic E-state index is 0.00124. The molecule has 8 heteroatoms. The summed E-state index contributed by atoms with van der Waals surface area (Å²) >= 11 is 0. The van der Waals surface area contributed by atoms with E-state index >= 15 is 0 Å². The number of halogens is 1. The molecule has 0 radical (unpaired) electrons. The number of hydrogen-bond donors (Lipinski definition) is 0. The van der Waals surface area contributed by atoms with Crippen molar-refractivity contribution in [1.82, 2.24) is 19.9 Å². The van der Waals surface area contributed by atoms with Crippen LogP contribution < -0.4 is 0 Å². The first-order valence-corrected chi connectivity index (χ1v) is 9.32. The predicted octanol–water partition coefficient (Wildman–Crippen LogP) is 2.52. The lowest BCUT2D eigenvalue weighted by Crippen LogP contribution is -2.57. The van der Waals surface area contributed by atoms with Crippen LogP contribution >= 0.6 is 0 Å². The SMILES string of the molecule is C[C@H]1CN(C(=O)Cc2noc(-c3cccc(F)c3)n2)CCN1C(=O)C(C)(C)C. The molecule has 2 aromatic rings. The molecule has 2 amide bonds. The number of amides is 2. The van der Waals surface area contributed by atoms with Gasteiger partial charge in [-0.25, -0.2) is 4.39 Å². The lowest BCUT2D eigenvalue weighted by atomic mass is 9.93. The monoisotopic (exact) mass is 388 g/mol. The number of rotatable bonds is 3. The molecule has 1 aliphatic rings. The number of nitrogens with zero attached hydrogens (tertiary/aromatic N) is 4. The summed E-state index contributed by atoms with van der Waals surface area (Å²) in [7, 11) is 0. The molecule has 0 aliphatic carbocycles. The van der Waals surface area contributed by atoms with Gasteiger partial charge in [0.15, 0.2) is 5.82 Å². The van der Waals surface area contributed by atoms with Crippen LogP contribution in [0.25, 0.3) is 11.5 Å². The average molecular weight is 388 g/mol. The molecule has 1 aliphatic heterocycles. The van der Waals surface area contributed by atoms with Gasteiger partial charge in [-0.3, -0.25) is 9.59 Å². The molecule has 1 atom stereocenters. The van der Waals surface area contributed by atoms with Crippen LogP contribution in [-0.2, 0) is 16.0 Å². The maximum Gasteiger partial charge on any atom is 0.258 e. The summed E-state index contributed by atoms with van der Waals surface area (Å²) < 4.78 is 18.5. The summed E-state index contributed by atoms with van der Waals surface area (Å²) in [5.74, 6) is -0.00216. The Morgan fingerprint density at radius 1 is 1.29 bits per heavy atom. The van der Waals surface area contributed by atoms with Crippen molar-refractivity contribution in [3.63, 3.8) is 0 Å². The smallest absolute Gasteiger partial charge is 0.258 e. The molecular weight excluding hydrogens is 363 g/mol. The van der Waals surface area contributed by atoms with Gasteiger partial charge < -0.3 is 14.3 Å². The second-order valence-corrected chi connectivity index (χ2v) is 8.14. The van der Waals surface area contributed by atoms with E-state index in [-0.39, 0.29) is 36.0 Å². The molecule has 7 nitrogen and oxygen atoms in total. The second kappa shape index (κ2) is 7.69. The van der Waals surface area contributed by atoms with E-state index < -0.39 is 11.2 Å². The minimum atomic E-state index is -0.446. The molecule has 3 rings (SSSR count). The van der Waals surface area contributed by atoms with E-state index in [9.17, 15) is 14.0 Å². The van der Waals surface area contributed by atoms with Gasteiger partial charge in [0.05, 0.1) is 6.42 Å². The van der Waals surface area contributed by atoms with Crippen molar-refractivity contribution in [3.8, 4) is 11.5 Å². The van der Waals surface area contributed by atoms with Gasteiger partial charge in [0.2, 0.25) is 11.8 Å². The topological polar surface area (TPSA) is 79.5 Å². The summed E-state index contributed by atoms with van der Waals surface area (Å²) in [6, 6.07) is 5.79. The van der Waals surface area contributed by atoms with Crippen molar-refractivity contribution in [2.45, 2.75) is 40.2 Å². The second-order valence-electron chi connectivity index (χ2n) is 8.14. The zero-order chi connectivity index (χ0) is 20.5. The molecule has 1 saturated heterocycles. The molecule has 0 unspecified atom stereocenters. The Hall–Kier alpha value is -2.77. The van der Waals surface area contributed by atoms with Crippen LogP contribution in [0.4, 0.5) is 4.39 Å². The third kappa shape index (κ3) is 4.37. The first kappa shape index (κ1) is 20.0. The van der Waals surface area contributed by atoms with Crippen LogP contribution in [0.3, 0.4) is 0 Å². The van der Waals surface area contributed by atoms with Gasteiger partial charge in [0.1, 0.15) is 5.82 Å². The fraction of sp³-hybridized carbons (Fsp3) is 0.500. The number of piperazine rings is 1. The van der Waals surface area contributed by atoms with E-state index in [1.807, 2.05) is 32.6 Å². The van der Waals surface area contributed by atoms with Crippen molar-refractivity contribution >= 4 is 11.8 Å². The fourth-order valence-corrected chi connectivity index (χ4v) is 3.23. The highest BCUT2D eigenvalue weighted by atomic mass is 19.1. The first-order chi connectivity index (χ1) is 13.1. The molecular formula is C20H25FN4O3. The van der Waals surface area contributed by atoms with E-state index in [1.165, 1.54) is 12.1 Å². The first-order valence-electron chi connectivity index (χ1n) is 9.32. The van der Waals surface area contributed by atoms with Crippen molar-refractivity contribution in [1.29, 1.82) is 0 Å². The number of hydrogen-bond acceptors (Lipinski definition) is 5. The van der Waals surface area contributed by atoms with Gasteiger partial charge in [-0.15, -0.1) is 0 Å². The average Bonchev–Trinajstić information content (AvgIpc) is 3.09. The minimum Gasteiger partial charge on any atom is -0.338 e. The highest BCUT2D eigenvalue weighted by molar-refractivity contribution is 5.83. The van der Waals surface area contributed by atoms with E-state index in [1.54, 1.807) is 17.0 Å². The normalized spacial score (nSPS) is 17.7. The van der Waals surface area contributed by atoms with E-state index in [2.05, 4.69) is 10.1 Å². The largest absolute Gasteiger partial charge is 0.338 e. The summed E-state index contributed by atoms with van der Waals surface area (Å²) in [5.41, 5.74) is 0.0207. The Balaban J connectivity index is 1.61. The van der Waals surface area contributed by atoms with E-state index in [0.29, 0.717) is 25.2 Å². The van der Waals surface area contributed by atoms with Crippen LogP contribution in [0.2, 0.25) is 0 Å². The van der Waals surface area contributed by atoms with Gasteiger partial charge in [-0.05, 0) is 25.1 Å². The summed E-state index contributed by atoms with van der Waals surface area (Å²) in [6.45, 7) is 9.07. The highest BCUT2D eigenvalue weighted by Crippen LogP contribution is 2.22. The molecule has 2 heterocycles. The molecule has 28 heavy (non-hydrogen) atoms. The molecule has 0 bridgehead atoms. The Morgan fingerprint density at radius 2 is 2.04 bits per heavy atom. The van der Waals surface area contributed by atoms with Crippen LogP contribution in [0.15, 0.2) is 28.8 Å². The van der Waals surface area contributed by atoms with Gasteiger partial charge in [0.25, 0.3) is 5.89 Å². The summed E-state index contributed by atoms with van der Waals surface area (Å²) in [5, 5.41) is 3.83. The third-order valence-electron chi connectivity index (χ3n) is 4.73. The third-order valence-corrected chi connectivity index (χ3v) is 4.73. The van der Waals surface area contributed by atoms with Crippen molar-refractivity contribution < 1.29 is 18.5 Å². The molecule has 0 spiro atoms. The zero-order valence-corrected chi connectivity index (χ0v) is 16.6. The molecule has 150 valence electrons. The Bertz CT molecular complexity index is 874. The van der Waals surface area contributed by atoms with Crippen LogP contribution in [0.1, 0.15) is 33.5 Å². The molecule has 0 saturated carbocycles. The van der Waals surface area contributed by atoms with Gasteiger partial charge in [-0.2, -0.15) is 4.98 Å². The highest BCUT2D eigenvalue weighted by Gasteiger charge is 2.35. The van der Waals surface area contributed by atoms with Crippen molar-refractivity contribution in [2.75, 3.05) is 19.6 Å². The van der Waals surface area contributed by atoms with Gasteiger partial charge >= 0.3 is 0 Å². The van der Waals surface area contributed by atoms with Gasteiger partial charge in [-0.1, -0.05) is 32.0 Å². The Kier molecular flexibility index (Phi) is 5.49. The lowest BCUT2D eigenvalue weighted by molar-refractivity contribution is -0.148. The van der Waals surface area contributed by atoms with Crippen molar-refractivity contribution in [2.24, 2.45) is 5.41 Å². The number of carbonyl (C=O) groups excluding carboxylic acids is 2. The summed E-state index contributed by atoms with van der Waals surface area (Å²) in [6.07, 6.45) is -0.00124. The molecule has 1 aromatic heterocycles. The number of benzene rings is 1. The zero-order valence-electron chi connectivity index (χ0n) is 16.6. The van der Waals surface area contributed by atoms with Crippen LogP contribution in [0.5, 0.6) is 0 Å². The van der Waals surface area contributed by atoms with Crippen molar-refractivity contribution in [3.05, 3.63) is 35.9 Å². The molecule has 1 aromatic carbocycles. The number of aromatic nitrogens is 2. The molecule has 0 N–H and O–H groups in total. The Labute approximate surface area is 163 Å². The standard InChI is InChI=1S/C20H25FN4O3/c1-13-12-24(8-9-25(13)19(27)20(2,3)4)17(26)11-16-22-18(28-23-16)14-6-5-7-15(21)10-14/h5-7,10,13H,8-9,11-12H2,1-4H3/t13-/m0/s1. The fourth-order valence-electron chi connectivity index (χ4n) is 3.23.